The summed E-state index contributed by atoms with van der Waals surface area (Å²) in [5.74, 6) is -0.0926. The highest BCUT2D eigenvalue weighted by Gasteiger charge is 2.16. The van der Waals surface area contributed by atoms with Gasteiger partial charge in [-0.3, -0.25) is 4.79 Å². The second-order valence-corrected chi connectivity index (χ2v) is 7.98. The van der Waals surface area contributed by atoms with Crippen molar-refractivity contribution in [2.45, 2.75) is 13.5 Å². The summed E-state index contributed by atoms with van der Waals surface area (Å²) in [4.78, 5) is 25.6. The maximum atomic E-state index is 12.7. The molecule has 0 saturated heterocycles. The molecule has 1 atom stereocenters. The predicted octanol–water partition coefficient (Wildman–Crippen LogP) is 3.56. The van der Waals surface area contributed by atoms with Gasteiger partial charge in [0.2, 0.25) is 0 Å². The monoisotopic (exact) mass is 421 g/mol. The molecule has 0 aliphatic carbocycles. The second kappa shape index (κ2) is 8.30. The highest BCUT2D eigenvalue weighted by molar-refractivity contribution is 6.32. The number of amides is 1. The van der Waals surface area contributed by atoms with E-state index in [2.05, 4.69) is 5.32 Å². The normalized spacial score (nSPS) is 12.2. The number of aryl methyl sites for hydroxylation is 1. The average Bonchev–Trinajstić information content (AvgIpc) is 2.69. The van der Waals surface area contributed by atoms with E-state index in [4.69, 9.17) is 16.0 Å². The molecule has 152 valence electrons. The molecule has 3 aromatic carbocycles. The van der Waals surface area contributed by atoms with Crippen molar-refractivity contribution in [3.63, 3.8) is 0 Å². The summed E-state index contributed by atoms with van der Waals surface area (Å²) >= 11 is 6.27. The molecule has 0 aliphatic rings. The summed E-state index contributed by atoms with van der Waals surface area (Å²) in [6, 6.07) is 18.8. The lowest BCUT2D eigenvalue weighted by Crippen LogP contribution is -3.08. The number of nitrogens with one attached hydrogen (secondary N) is 2. The SMILES string of the molecule is Cc1cc2oc(=O)cc(C[NH+](C)CC(=O)Nc3cccc4ccccc34)c2cc1Cl. The minimum Gasteiger partial charge on any atom is -0.423 e. The van der Waals surface area contributed by atoms with E-state index in [1.807, 2.05) is 62.5 Å². The quantitative estimate of drug-likeness (QED) is 0.484. The predicted molar refractivity (Wildman–Crippen MR) is 120 cm³/mol. The number of hydrogen-bond donors (Lipinski definition) is 2. The fourth-order valence-corrected chi connectivity index (χ4v) is 3.85. The lowest BCUT2D eigenvalue weighted by atomic mass is 10.1. The van der Waals surface area contributed by atoms with Crippen LogP contribution >= 0.6 is 11.6 Å². The van der Waals surface area contributed by atoms with E-state index < -0.39 is 5.63 Å². The molecule has 0 saturated carbocycles. The Labute approximate surface area is 178 Å². The van der Waals surface area contributed by atoms with Crippen molar-refractivity contribution in [3.8, 4) is 0 Å². The molecule has 6 heteroatoms. The summed E-state index contributed by atoms with van der Waals surface area (Å²) in [6.45, 7) is 2.61. The number of halogens is 1. The van der Waals surface area contributed by atoms with Crippen LogP contribution in [0.2, 0.25) is 5.02 Å². The van der Waals surface area contributed by atoms with E-state index in [0.717, 1.165) is 37.9 Å². The molecule has 4 rings (SSSR count). The van der Waals surface area contributed by atoms with Gasteiger partial charge < -0.3 is 14.6 Å². The summed E-state index contributed by atoms with van der Waals surface area (Å²) in [7, 11) is 1.92. The summed E-state index contributed by atoms with van der Waals surface area (Å²) in [5, 5.41) is 6.49. The highest BCUT2D eigenvalue weighted by Crippen LogP contribution is 2.25. The Morgan fingerprint density at radius 2 is 1.83 bits per heavy atom. The first kappa shape index (κ1) is 20.1. The van der Waals surface area contributed by atoms with Gasteiger partial charge in [0.15, 0.2) is 6.54 Å². The van der Waals surface area contributed by atoms with Gasteiger partial charge in [-0.25, -0.2) is 4.79 Å². The van der Waals surface area contributed by atoms with E-state index in [-0.39, 0.29) is 12.5 Å². The molecule has 0 aliphatic heterocycles. The minimum absolute atomic E-state index is 0.0926. The van der Waals surface area contributed by atoms with Crippen LogP contribution in [-0.4, -0.2) is 19.5 Å². The first-order valence-electron chi connectivity index (χ1n) is 9.72. The zero-order valence-corrected chi connectivity index (χ0v) is 17.5. The number of quaternary nitrogens is 1. The molecule has 0 bridgehead atoms. The molecule has 1 amide bonds. The van der Waals surface area contributed by atoms with Crippen LogP contribution < -0.4 is 15.8 Å². The smallest absolute Gasteiger partial charge is 0.336 e. The van der Waals surface area contributed by atoms with Crippen LogP contribution in [-0.2, 0) is 11.3 Å². The van der Waals surface area contributed by atoms with Gasteiger partial charge in [0.1, 0.15) is 12.1 Å². The number of carbonyl (C=O) groups is 1. The molecular weight excluding hydrogens is 400 g/mol. The molecule has 1 heterocycles. The number of fused-ring (bicyclic) bond motifs is 2. The number of likely N-dealkylation sites (N-methyl/N-ethyl adjacent to an activating group) is 1. The zero-order chi connectivity index (χ0) is 21.3. The van der Waals surface area contributed by atoms with Crippen LogP contribution in [0.5, 0.6) is 0 Å². The van der Waals surface area contributed by atoms with Crippen molar-refractivity contribution < 1.29 is 14.1 Å². The highest BCUT2D eigenvalue weighted by atomic mass is 35.5. The Bertz CT molecular complexity index is 1310. The summed E-state index contributed by atoms with van der Waals surface area (Å²) < 4.78 is 5.32. The van der Waals surface area contributed by atoms with Crippen LogP contribution in [0.15, 0.2) is 69.9 Å². The Kier molecular flexibility index (Phi) is 5.57. The average molecular weight is 422 g/mol. The molecule has 5 nitrogen and oxygen atoms in total. The largest absolute Gasteiger partial charge is 0.423 e. The topological polar surface area (TPSA) is 63.8 Å². The van der Waals surface area contributed by atoms with E-state index in [0.29, 0.717) is 17.2 Å². The van der Waals surface area contributed by atoms with Gasteiger partial charge in [0.05, 0.1) is 7.05 Å². The molecule has 1 unspecified atom stereocenters. The molecule has 30 heavy (non-hydrogen) atoms. The maximum Gasteiger partial charge on any atom is 0.336 e. The Balaban J connectivity index is 1.52. The Hall–Kier alpha value is -3.15. The third-order valence-corrected chi connectivity index (χ3v) is 5.53. The molecule has 4 aromatic rings. The lowest BCUT2D eigenvalue weighted by molar-refractivity contribution is -0.885. The number of anilines is 1. The van der Waals surface area contributed by atoms with Crippen molar-refractivity contribution in [1.82, 2.24) is 0 Å². The fraction of sp³-hybridized carbons (Fsp3) is 0.167. The third kappa shape index (κ3) is 4.22. The molecule has 0 spiro atoms. The number of benzene rings is 3. The number of rotatable bonds is 5. The summed E-state index contributed by atoms with van der Waals surface area (Å²) in [5.41, 5.74) is 2.54. The summed E-state index contributed by atoms with van der Waals surface area (Å²) in [6.07, 6.45) is 0. The molecule has 0 fully saturated rings. The van der Waals surface area contributed by atoms with Crippen LogP contribution in [0.25, 0.3) is 21.7 Å². The van der Waals surface area contributed by atoms with Gasteiger partial charge in [-0.1, -0.05) is 48.0 Å². The van der Waals surface area contributed by atoms with Crippen molar-refractivity contribution in [3.05, 3.63) is 87.2 Å². The fourth-order valence-electron chi connectivity index (χ4n) is 3.69. The molecule has 1 aromatic heterocycles. The Morgan fingerprint density at radius 3 is 2.67 bits per heavy atom. The van der Waals surface area contributed by atoms with Gasteiger partial charge in [0, 0.05) is 33.1 Å². The van der Waals surface area contributed by atoms with E-state index >= 15 is 0 Å². The molecule has 2 N–H and O–H groups in total. The van der Waals surface area contributed by atoms with Crippen molar-refractivity contribution >= 4 is 44.9 Å². The van der Waals surface area contributed by atoms with E-state index in [1.165, 1.54) is 6.07 Å². The van der Waals surface area contributed by atoms with Gasteiger partial charge in [-0.15, -0.1) is 0 Å². The third-order valence-electron chi connectivity index (χ3n) is 5.13. The van der Waals surface area contributed by atoms with Crippen molar-refractivity contribution in [2.24, 2.45) is 0 Å². The Morgan fingerprint density at radius 1 is 1.07 bits per heavy atom. The van der Waals surface area contributed by atoms with Crippen molar-refractivity contribution in [1.29, 1.82) is 0 Å². The van der Waals surface area contributed by atoms with Crippen molar-refractivity contribution in [2.75, 3.05) is 18.9 Å². The van der Waals surface area contributed by atoms with Gasteiger partial charge >= 0.3 is 5.63 Å². The molecular formula is C24H22ClN2O3+. The van der Waals surface area contributed by atoms with Crippen LogP contribution in [0.1, 0.15) is 11.1 Å². The van der Waals surface area contributed by atoms with E-state index in [1.54, 1.807) is 6.07 Å². The van der Waals surface area contributed by atoms with Gasteiger partial charge in [-0.2, -0.15) is 0 Å². The maximum absolute atomic E-state index is 12.7. The lowest BCUT2D eigenvalue weighted by Gasteiger charge is -2.16. The standard InChI is InChI=1S/C24H21ClN2O3/c1-15-10-22-19(12-20(15)25)17(11-24(29)30-22)13-27(2)14-23(28)26-21-9-5-7-16-6-3-4-8-18(16)21/h3-12H,13-14H2,1-2H3,(H,26,28)/p+1. The first-order chi connectivity index (χ1) is 14.4. The zero-order valence-electron chi connectivity index (χ0n) is 16.8. The number of carbonyl (C=O) groups excluding carboxylic acids is 1. The van der Waals surface area contributed by atoms with Crippen LogP contribution in [0, 0.1) is 6.92 Å². The van der Waals surface area contributed by atoms with E-state index in [9.17, 15) is 9.59 Å². The number of hydrogen-bond acceptors (Lipinski definition) is 3. The second-order valence-electron chi connectivity index (χ2n) is 7.57. The van der Waals surface area contributed by atoms with Crippen LogP contribution in [0.3, 0.4) is 0 Å². The molecule has 0 radical (unpaired) electrons. The van der Waals surface area contributed by atoms with Gasteiger partial charge in [0.25, 0.3) is 5.91 Å². The van der Waals surface area contributed by atoms with Gasteiger partial charge in [-0.05, 0) is 36.1 Å². The van der Waals surface area contributed by atoms with Crippen LogP contribution in [0.4, 0.5) is 5.69 Å². The minimum atomic E-state index is -0.410. The first-order valence-corrected chi connectivity index (χ1v) is 10.1.